The zero-order valence-corrected chi connectivity index (χ0v) is 11.9. The Morgan fingerprint density at radius 2 is 2.00 bits per heavy atom. The summed E-state index contributed by atoms with van der Waals surface area (Å²) < 4.78 is 0. The summed E-state index contributed by atoms with van der Waals surface area (Å²) in [6.45, 7) is 3.97. The number of rotatable bonds is 4. The third kappa shape index (κ3) is 2.54. The molecule has 0 aliphatic carbocycles. The SMILES string of the molecule is CCc1c(NC)ncnc1Nc1cccc(C)c1C#N. The molecular weight excluding hydrogens is 250 g/mol. The Balaban J connectivity index is 2.46. The van der Waals surface area contributed by atoms with E-state index in [2.05, 4.69) is 26.7 Å². The molecule has 102 valence electrons. The van der Waals surface area contributed by atoms with E-state index in [1.54, 1.807) is 0 Å². The fourth-order valence-electron chi connectivity index (χ4n) is 2.12. The van der Waals surface area contributed by atoms with Crippen LogP contribution in [0.25, 0.3) is 0 Å². The van der Waals surface area contributed by atoms with Gasteiger partial charge in [-0.1, -0.05) is 19.1 Å². The van der Waals surface area contributed by atoms with Crippen molar-refractivity contribution in [3.63, 3.8) is 0 Å². The average molecular weight is 267 g/mol. The van der Waals surface area contributed by atoms with E-state index in [1.807, 2.05) is 39.1 Å². The molecule has 0 saturated carbocycles. The summed E-state index contributed by atoms with van der Waals surface area (Å²) in [6.07, 6.45) is 2.31. The van der Waals surface area contributed by atoms with E-state index in [0.717, 1.165) is 34.9 Å². The molecule has 0 unspecified atom stereocenters. The number of nitrogens with one attached hydrogen (secondary N) is 2. The molecule has 0 radical (unpaired) electrons. The number of nitrogens with zero attached hydrogens (tertiary/aromatic N) is 3. The zero-order chi connectivity index (χ0) is 14.5. The van der Waals surface area contributed by atoms with Crippen LogP contribution in [0.1, 0.15) is 23.6 Å². The molecule has 2 aromatic rings. The van der Waals surface area contributed by atoms with Crippen molar-refractivity contribution in [3.8, 4) is 6.07 Å². The van der Waals surface area contributed by atoms with Crippen molar-refractivity contribution < 1.29 is 0 Å². The van der Waals surface area contributed by atoms with Gasteiger partial charge < -0.3 is 10.6 Å². The first-order valence-electron chi connectivity index (χ1n) is 6.49. The highest BCUT2D eigenvalue weighted by atomic mass is 15.1. The molecule has 0 aliphatic rings. The van der Waals surface area contributed by atoms with Crippen LogP contribution < -0.4 is 10.6 Å². The second-order valence-corrected chi connectivity index (χ2v) is 4.39. The summed E-state index contributed by atoms with van der Waals surface area (Å²) in [4.78, 5) is 8.49. The Kier molecular flexibility index (Phi) is 4.16. The minimum absolute atomic E-state index is 0.638. The number of hydrogen-bond acceptors (Lipinski definition) is 5. The van der Waals surface area contributed by atoms with Crippen molar-refractivity contribution in [1.29, 1.82) is 5.26 Å². The molecule has 1 aromatic carbocycles. The molecule has 20 heavy (non-hydrogen) atoms. The maximum absolute atomic E-state index is 9.27. The highest BCUT2D eigenvalue weighted by molar-refractivity contribution is 5.70. The van der Waals surface area contributed by atoms with Crippen molar-refractivity contribution in [2.24, 2.45) is 0 Å². The lowest BCUT2D eigenvalue weighted by atomic mass is 10.1. The van der Waals surface area contributed by atoms with Crippen LogP contribution in [-0.4, -0.2) is 17.0 Å². The van der Waals surface area contributed by atoms with Crippen LogP contribution in [0.2, 0.25) is 0 Å². The lowest BCUT2D eigenvalue weighted by Gasteiger charge is -2.14. The summed E-state index contributed by atoms with van der Waals surface area (Å²) in [6, 6.07) is 7.95. The largest absolute Gasteiger partial charge is 0.373 e. The first-order chi connectivity index (χ1) is 9.71. The quantitative estimate of drug-likeness (QED) is 0.890. The maximum atomic E-state index is 9.27. The van der Waals surface area contributed by atoms with Gasteiger partial charge in [-0.3, -0.25) is 0 Å². The van der Waals surface area contributed by atoms with Gasteiger partial charge in [0.1, 0.15) is 24.0 Å². The molecule has 1 aromatic heterocycles. The van der Waals surface area contributed by atoms with Crippen LogP contribution >= 0.6 is 0 Å². The number of aromatic nitrogens is 2. The average Bonchev–Trinajstić information content (AvgIpc) is 2.47. The van der Waals surface area contributed by atoms with Crippen LogP contribution in [0.4, 0.5) is 17.3 Å². The summed E-state index contributed by atoms with van der Waals surface area (Å²) in [5.74, 6) is 1.53. The minimum Gasteiger partial charge on any atom is -0.373 e. The van der Waals surface area contributed by atoms with Crippen LogP contribution in [0.5, 0.6) is 0 Å². The van der Waals surface area contributed by atoms with Gasteiger partial charge in [0.15, 0.2) is 0 Å². The third-order valence-corrected chi connectivity index (χ3v) is 3.17. The fourth-order valence-corrected chi connectivity index (χ4v) is 2.12. The van der Waals surface area contributed by atoms with E-state index in [9.17, 15) is 5.26 Å². The van der Waals surface area contributed by atoms with Crippen molar-refractivity contribution in [2.45, 2.75) is 20.3 Å². The van der Waals surface area contributed by atoms with Gasteiger partial charge in [0.05, 0.1) is 11.3 Å². The molecule has 0 atom stereocenters. The van der Waals surface area contributed by atoms with Crippen molar-refractivity contribution >= 4 is 17.3 Å². The van der Waals surface area contributed by atoms with Crippen LogP contribution in [0, 0.1) is 18.3 Å². The van der Waals surface area contributed by atoms with Crippen LogP contribution in [0.15, 0.2) is 24.5 Å². The van der Waals surface area contributed by atoms with E-state index in [4.69, 9.17) is 0 Å². The van der Waals surface area contributed by atoms with Gasteiger partial charge in [-0.2, -0.15) is 5.26 Å². The van der Waals surface area contributed by atoms with Gasteiger partial charge in [0.2, 0.25) is 0 Å². The molecule has 1 heterocycles. The number of benzene rings is 1. The highest BCUT2D eigenvalue weighted by Crippen LogP contribution is 2.26. The molecule has 5 heteroatoms. The molecule has 0 amide bonds. The third-order valence-electron chi connectivity index (χ3n) is 3.17. The number of hydrogen-bond donors (Lipinski definition) is 2. The standard InChI is InChI=1S/C15H17N5/c1-4-11-14(17-3)18-9-19-15(11)20-13-7-5-6-10(2)12(13)8-16/h5-7,9H,4H2,1-3H3,(H2,17,18,19,20). The Morgan fingerprint density at radius 1 is 1.25 bits per heavy atom. The van der Waals surface area contributed by atoms with E-state index in [1.165, 1.54) is 6.33 Å². The predicted octanol–water partition coefficient (Wildman–Crippen LogP) is 3.00. The Bertz CT molecular complexity index is 658. The molecular formula is C15H17N5. The zero-order valence-electron chi connectivity index (χ0n) is 11.9. The Morgan fingerprint density at radius 3 is 2.65 bits per heavy atom. The van der Waals surface area contributed by atoms with E-state index >= 15 is 0 Å². The molecule has 5 nitrogen and oxygen atoms in total. The lowest BCUT2D eigenvalue weighted by Crippen LogP contribution is -2.05. The number of aryl methyl sites for hydroxylation is 1. The van der Waals surface area contributed by atoms with E-state index in [-0.39, 0.29) is 0 Å². The normalized spacial score (nSPS) is 9.90. The van der Waals surface area contributed by atoms with Gasteiger partial charge in [0, 0.05) is 12.6 Å². The van der Waals surface area contributed by atoms with Crippen LogP contribution in [0.3, 0.4) is 0 Å². The molecule has 2 rings (SSSR count). The molecule has 0 saturated heterocycles. The smallest absolute Gasteiger partial charge is 0.139 e. The van der Waals surface area contributed by atoms with Crippen LogP contribution in [-0.2, 0) is 6.42 Å². The van der Waals surface area contributed by atoms with Gasteiger partial charge in [-0.25, -0.2) is 9.97 Å². The second-order valence-electron chi connectivity index (χ2n) is 4.39. The number of anilines is 3. The van der Waals surface area contributed by atoms with E-state index in [0.29, 0.717) is 5.56 Å². The Hall–Kier alpha value is -2.61. The molecule has 0 aliphatic heterocycles. The first kappa shape index (κ1) is 13.8. The monoisotopic (exact) mass is 267 g/mol. The predicted molar refractivity (Wildman–Crippen MR) is 80.1 cm³/mol. The fraction of sp³-hybridized carbons (Fsp3) is 0.267. The lowest BCUT2D eigenvalue weighted by molar-refractivity contribution is 1.05. The summed E-state index contributed by atoms with van der Waals surface area (Å²) in [7, 11) is 1.83. The summed E-state index contributed by atoms with van der Waals surface area (Å²) >= 11 is 0. The van der Waals surface area contributed by atoms with Crippen molar-refractivity contribution in [2.75, 3.05) is 17.7 Å². The molecule has 0 fully saturated rings. The second kappa shape index (κ2) is 6.02. The molecule has 0 spiro atoms. The topological polar surface area (TPSA) is 73.6 Å². The minimum atomic E-state index is 0.638. The Labute approximate surface area is 118 Å². The summed E-state index contributed by atoms with van der Waals surface area (Å²) in [5, 5.41) is 15.6. The van der Waals surface area contributed by atoms with Gasteiger partial charge in [-0.15, -0.1) is 0 Å². The van der Waals surface area contributed by atoms with Crippen molar-refractivity contribution in [1.82, 2.24) is 9.97 Å². The first-order valence-corrected chi connectivity index (χ1v) is 6.49. The molecule has 2 N–H and O–H groups in total. The summed E-state index contributed by atoms with van der Waals surface area (Å²) in [5.41, 5.74) is 3.35. The maximum Gasteiger partial charge on any atom is 0.139 e. The van der Waals surface area contributed by atoms with Gasteiger partial charge >= 0.3 is 0 Å². The highest BCUT2D eigenvalue weighted by Gasteiger charge is 2.11. The van der Waals surface area contributed by atoms with E-state index < -0.39 is 0 Å². The van der Waals surface area contributed by atoms with Gasteiger partial charge in [-0.05, 0) is 25.0 Å². The number of nitriles is 1. The van der Waals surface area contributed by atoms with Gasteiger partial charge in [0.25, 0.3) is 0 Å². The molecule has 0 bridgehead atoms. The van der Waals surface area contributed by atoms with Crippen molar-refractivity contribution in [3.05, 3.63) is 41.2 Å².